The molecule has 0 N–H and O–H groups in total. The van der Waals surface area contributed by atoms with Crippen molar-refractivity contribution < 1.29 is 9.21 Å². The molecular formula is C18H16O2. The van der Waals surface area contributed by atoms with Gasteiger partial charge in [-0.15, -0.1) is 0 Å². The Morgan fingerprint density at radius 1 is 1.10 bits per heavy atom. The monoisotopic (exact) mass is 264 g/mol. The van der Waals surface area contributed by atoms with E-state index >= 15 is 0 Å². The van der Waals surface area contributed by atoms with E-state index in [1.807, 2.05) is 62.4 Å². The fourth-order valence-corrected chi connectivity index (χ4v) is 2.35. The standard InChI is InChI=1S/C18H16O2/c1-3-14-11-16-15(5-4-6-17(16)20-14)18(19)13-9-7-12(2)8-10-13/h4-11H,3H2,1-2H3. The highest BCUT2D eigenvalue weighted by atomic mass is 16.3. The molecular weight excluding hydrogens is 248 g/mol. The normalized spacial score (nSPS) is 10.9. The van der Waals surface area contributed by atoms with Gasteiger partial charge < -0.3 is 4.42 Å². The molecule has 2 nitrogen and oxygen atoms in total. The van der Waals surface area contributed by atoms with Gasteiger partial charge in [0.2, 0.25) is 0 Å². The van der Waals surface area contributed by atoms with Crippen molar-refractivity contribution in [2.75, 3.05) is 0 Å². The second-order valence-corrected chi connectivity index (χ2v) is 4.98. The predicted molar refractivity (Wildman–Crippen MR) is 80.2 cm³/mol. The number of fused-ring (bicyclic) bond motifs is 1. The first-order chi connectivity index (χ1) is 9.69. The molecule has 0 atom stereocenters. The van der Waals surface area contributed by atoms with Crippen LogP contribution >= 0.6 is 0 Å². The Morgan fingerprint density at radius 2 is 1.85 bits per heavy atom. The number of benzene rings is 2. The average Bonchev–Trinajstić information content (AvgIpc) is 2.90. The van der Waals surface area contributed by atoms with E-state index < -0.39 is 0 Å². The van der Waals surface area contributed by atoms with Gasteiger partial charge in [0, 0.05) is 22.9 Å². The van der Waals surface area contributed by atoms with E-state index in [1.165, 1.54) is 0 Å². The minimum Gasteiger partial charge on any atom is -0.461 e. The Hall–Kier alpha value is -2.35. The highest BCUT2D eigenvalue weighted by molar-refractivity contribution is 6.15. The first kappa shape index (κ1) is 12.7. The summed E-state index contributed by atoms with van der Waals surface area (Å²) in [5.41, 5.74) is 3.34. The van der Waals surface area contributed by atoms with E-state index in [-0.39, 0.29) is 5.78 Å². The van der Waals surface area contributed by atoms with Gasteiger partial charge in [0.25, 0.3) is 0 Å². The van der Waals surface area contributed by atoms with Crippen LogP contribution in [0.4, 0.5) is 0 Å². The zero-order valence-corrected chi connectivity index (χ0v) is 11.6. The molecule has 20 heavy (non-hydrogen) atoms. The first-order valence-corrected chi connectivity index (χ1v) is 6.82. The fraction of sp³-hybridized carbons (Fsp3) is 0.167. The lowest BCUT2D eigenvalue weighted by molar-refractivity contribution is 0.104. The molecule has 0 bridgehead atoms. The summed E-state index contributed by atoms with van der Waals surface area (Å²) >= 11 is 0. The van der Waals surface area contributed by atoms with E-state index in [2.05, 4.69) is 0 Å². The topological polar surface area (TPSA) is 30.2 Å². The molecule has 0 amide bonds. The van der Waals surface area contributed by atoms with Gasteiger partial charge in [-0.05, 0) is 19.1 Å². The number of carbonyl (C=O) groups is 1. The zero-order chi connectivity index (χ0) is 14.1. The predicted octanol–water partition coefficient (Wildman–Crippen LogP) is 4.53. The molecule has 0 spiro atoms. The van der Waals surface area contributed by atoms with Crippen molar-refractivity contribution in [3.05, 3.63) is 71.0 Å². The summed E-state index contributed by atoms with van der Waals surface area (Å²) in [4.78, 5) is 12.6. The quantitative estimate of drug-likeness (QED) is 0.650. The maximum absolute atomic E-state index is 12.6. The minimum absolute atomic E-state index is 0.0408. The molecule has 100 valence electrons. The Balaban J connectivity index is 2.11. The molecule has 0 saturated carbocycles. The molecule has 1 heterocycles. The Kier molecular flexibility index (Phi) is 3.15. The molecule has 3 rings (SSSR count). The molecule has 1 aromatic heterocycles. The molecule has 0 saturated heterocycles. The van der Waals surface area contributed by atoms with Crippen LogP contribution in [0.5, 0.6) is 0 Å². The summed E-state index contributed by atoms with van der Waals surface area (Å²) in [6.45, 7) is 4.05. The van der Waals surface area contributed by atoms with Crippen molar-refractivity contribution in [2.45, 2.75) is 20.3 Å². The molecule has 2 heteroatoms. The van der Waals surface area contributed by atoms with Crippen molar-refractivity contribution in [1.29, 1.82) is 0 Å². The number of carbonyl (C=O) groups excluding carboxylic acids is 1. The number of aryl methyl sites for hydroxylation is 2. The number of rotatable bonds is 3. The fourth-order valence-electron chi connectivity index (χ4n) is 2.35. The van der Waals surface area contributed by atoms with Gasteiger partial charge in [0.15, 0.2) is 5.78 Å². The lowest BCUT2D eigenvalue weighted by atomic mass is 9.99. The first-order valence-electron chi connectivity index (χ1n) is 6.82. The molecule has 2 aromatic carbocycles. The van der Waals surface area contributed by atoms with Crippen LogP contribution in [0.2, 0.25) is 0 Å². The van der Waals surface area contributed by atoms with Crippen molar-refractivity contribution >= 4 is 16.8 Å². The van der Waals surface area contributed by atoms with Crippen LogP contribution in [0.15, 0.2) is 52.9 Å². The SMILES string of the molecule is CCc1cc2c(C(=O)c3ccc(C)cc3)cccc2o1. The largest absolute Gasteiger partial charge is 0.461 e. The van der Waals surface area contributed by atoms with E-state index in [0.29, 0.717) is 11.1 Å². The van der Waals surface area contributed by atoms with Crippen LogP contribution < -0.4 is 0 Å². The maximum Gasteiger partial charge on any atom is 0.193 e. The van der Waals surface area contributed by atoms with Crippen LogP contribution in [0, 0.1) is 6.92 Å². The Labute approximate surface area is 118 Å². The van der Waals surface area contributed by atoms with Crippen LogP contribution in [0.3, 0.4) is 0 Å². The molecule has 0 fully saturated rings. The molecule has 0 aliphatic carbocycles. The highest BCUT2D eigenvalue weighted by Gasteiger charge is 2.14. The van der Waals surface area contributed by atoms with E-state index in [4.69, 9.17) is 4.42 Å². The lowest BCUT2D eigenvalue weighted by Crippen LogP contribution is -2.01. The summed E-state index contributed by atoms with van der Waals surface area (Å²) < 4.78 is 5.71. The third-order valence-electron chi connectivity index (χ3n) is 3.52. The number of ketones is 1. The zero-order valence-electron chi connectivity index (χ0n) is 11.6. The second-order valence-electron chi connectivity index (χ2n) is 4.98. The van der Waals surface area contributed by atoms with Gasteiger partial charge in [0.05, 0.1) is 0 Å². The third-order valence-corrected chi connectivity index (χ3v) is 3.52. The number of hydrogen-bond acceptors (Lipinski definition) is 2. The van der Waals surface area contributed by atoms with E-state index in [0.717, 1.165) is 28.7 Å². The number of furan rings is 1. The molecule has 0 unspecified atom stereocenters. The van der Waals surface area contributed by atoms with Gasteiger partial charge in [-0.2, -0.15) is 0 Å². The summed E-state index contributed by atoms with van der Waals surface area (Å²) in [6, 6.07) is 15.3. The van der Waals surface area contributed by atoms with Crippen LogP contribution in [-0.2, 0) is 6.42 Å². The maximum atomic E-state index is 12.6. The van der Waals surface area contributed by atoms with Crippen molar-refractivity contribution in [3.63, 3.8) is 0 Å². The third kappa shape index (κ3) is 2.14. The summed E-state index contributed by atoms with van der Waals surface area (Å²) in [6.07, 6.45) is 0.826. The van der Waals surface area contributed by atoms with Crippen LogP contribution in [0.1, 0.15) is 34.2 Å². The van der Waals surface area contributed by atoms with Crippen molar-refractivity contribution in [3.8, 4) is 0 Å². The van der Waals surface area contributed by atoms with Gasteiger partial charge in [-0.1, -0.05) is 48.9 Å². The highest BCUT2D eigenvalue weighted by Crippen LogP contribution is 2.25. The van der Waals surface area contributed by atoms with Gasteiger partial charge in [0.1, 0.15) is 11.3 Å². The summed E-state index contributed by atoms with van der Waals surface area (Å²) in [5.74, 6) is 0.947. The van der Waals surface area contributed by atoms with E-state index in [1.54, 1.807) is 0 Å². The van der Waals surface area contributed by atoms with Crippen LogP contribution in [0.25, 0.3) is 11.0 Å². The molecule has 3 aromatic rings. The van der Waals surface area contributed by atoms with Crippen molar-refractivity contribution in [1.82, 2.24) is 0 Å². The molecule has 0 aliphatic rings. The van der Waals surface area contributed by atoms with Crippen LogP contribution in [-0.4, -0.2) is 5.78 Å². The Morgan fingerprint density at radius 3 is 2.55 bits per heavy atom. The van der Waals surface area contributed by atoms with Crippen molar-refractivity contribution in [2.24, 2.45) is 0 Å². The summed E-state index contributed by atoms with van der Waals surface area (Å²) in [7, 11) is 0. The minimum atomic E-state index is 0.0408. The summed E-state index contributed by atoms with van der Waals surface area (Å²) in [5, 5.41) is 0.898. The van der Waals surface area contributed by atoms with E-state index in [9.17, 15) is 4.79 Å². The molecule has 0 aliphatic heterocycles. The Bertz CT molecular complexity index is 764. The van der Waals surface area contributed by atoms with Gasteiger partial charge in [-0.3, -0.25) is 4.79 Å². The molecule has 0 radical (unpaired) electrons. The average molecular weight is 264 g/mol. The smallest absolute Gasteiger partial charge is 0.193 e. The van der Waals surface area contributed by atoms with Gasteiger partial charge >= 0.3 is 0 Å². The lowest BCUT2D eigenvalue weighted by Gasteiger charge is -2.03. The second kappa shape index (κ2) is 4.97. The number of hydrogen-bond donors (Lipinski definition) is 0. The van der Waals surface area contributed by atoms with Gasteiger partial charge in [-0.25, -0.2) is 0 Å².